The second-order valence-electron chi connectivity index (χ2n) is 6.27. The quantitative estimate of drug-likeness (QED) is 0.893. The smallest absolute Gasteiger partial charge is 0.262 e. The maximum absolute atomic E-state index is 12.1. The predicted octanol–water partition coefficient (Wildman–Crippen LogP) is 3.99. The van der Waals surface area contributed by atoms with E-state index in [2.05, 4.69) is 19.2 Å². The standard InChI is InChI=1S/C20H23NO4/c1-14(2)15-4-7-17(8-5-15)25-13-20(22)21-16-6-9-18-19(12-16)24-11-3-10-23-18/h4-9,12,14H,3,10-11,13H2,1-2H3,(H,21,22). The Morgan fingerprint density at radius 1 is 1.08 bits per heavy atom. The lowest BCUT2D eigenvalue weighted by molar-refractivity contribution is -0.118. The highest BCUT2D eigenvalue weighted by Crippen LogP contribution is 2.32. The first kappa shape index (κ1) is 17.1. The molecule has 1 aliphatic rings. The van der Waals surface area contributed by atoms with E-state index >= 15 is 0 Å². The fourth-order valence-corrected chi connectivity index (χ4v) is 2.54. The summed E-state index contributed by atoms with van der Waals surface area (Å²) in [4.78, 5) is 12.1. The normalized spacial score (nSPS) is 13.2. The van der Waals surface area contributed by atoms with Crippen molar-refractivity contribution in [3.63, 3.8) is 0 Å². The molecule has 0 saturated carbocycles. The van der Waals surface area contributed by atoms with Gasteiger partial charge in [0.05, 0.1) is 13.2 Å². The Balaban J connectivity index is 1.54. The summed E-state index contributed by atoms with van der Waals surface area (Å²) in [5, 5.41) is 2.81. The van der Waals surface area contributed by atoms with Crippen molar-refractivity contribution in [2.24, 2.45) is 0 Å². The van der Waals surface area contributed by atoms with E-state index in [0.29, 0.717) is 42.1 Å². The summed E-state index contributed by atoms with van der Waals surface area (Å²) >= 11 is 0. The molecule has 0 bridgehead atoms. The molecule has 0 unspecified atom stereocenters. The molecule has 0 atom stereocenters. The van der Waals surface area contributed by atoms with Crippen LogP contribution in [0.3, 0.4) is 0 Å². The fourth-order valence-electron chi connectivity index (χ4n) is 2.54. The van der Waals surface area contributed by atoms with Crippen LogP contribution >= 0.6 is 0 Å². The number of anilines is 1. The number of ether oxygens (including phenoxy) is 3. The maximum Gasteiger partial charge on any atom is 0.262 e. The molecule has 2 aromatic rings. The molecule has 3 rings (SSSR count). The van der Waals surface area contributed by atoms with Crippen molar-refractivity contribution in [3.05, 3.63) is 48.0 Å². The number of hydrogen-bond acceptors (Lipinski definition) is 4. The summed E-state index contributed by atoms with van der Waals surface area (Å²) in [5.74, 6) is 2.29. The lowest BCUT2D eigenvalue weighted by Gasteiger charge is -2.11. The molecule has 132 valence electrons. The molecule has 0 spiro atoms. The van der Waals surface area contributed by atoms with Gasteiger partial charge in [0.2, 0.25) is 0 Å². The van der Waals surface area contributed by atoms with Gasteiger partial charge in [-0.25, -0.2) is 0 Å². The van der Waals surface area contributed by atoms with Gasteiger partial charge >= 0.3 is 0 Å². The van der Waals surface area contributed by atoms with Crippen molar-refractivity contribution >= 4 is 11.6 Å². The van der Waals surface area contributed by atoms with Crippen molar-refractivity contribution < 1.29 is 19.0 Å². The highest BCUT2D eigenvalue weighted by molar-refractivity contribution is 5.92. The van der Waals surface area contributed by atoms with E-state index in [4.69, 9.17) is 14.2 Å². The zero-order valence-electron chi connectivity index (χ0n) is 14.6. The number of fused-ring (bicyclic) bond motifs is 1. The van der Waals surface area contributed by atoms with Crippen LogP contribution in [0.2, 0.25) is 0 Å². The Kier molecular flexibility index (Phi) is 5.43. The van der Waals surface area contributed by atoms with Crippen LogP contribution < -0.4 is 19.5 Å². The van der Waals surface area contributed by atoms with Crippen LogP contribution in [0.15, 0.2) is 42.5 Å². The van der Waals surface area contributed by atoms with Gasteiger partial charge in [0, 0.05) is 18.2 Å². The second kappa shape index (κ2) is 7.92. The average Bonchev–Trinajstić information content (AvgIpc) is 2.85. The SMILES string of the molecule is CC(C)c1ccc(OCC(=O)Nc2ccc3c(c2)OCCCO3)cc1. The van der Waals surface area contributed by atoms with Crippen LogP contribution in [-0.2, 0) is 4.79 Å². The maximum atomic E-state index is 12.1. The first-order valence-electron chi connectivity index (χ1n) is 8.54. The van der Waals surface area contributed by atoms with E-state index in [9.17, 15) is 4.79 Å². The van der Waals surface area contributed by atoms with Gasteiger partial charge < -0.3 is 19.5 Å². The summed E-state index contributed by atoms with van der Waals surface area (Å²) in [6.45, 7) is 5.48. The second-order valence-corrected chi connectivity index (χ2v) is 6.27. The van der Waals surface area contributed by atoms with Crippen molar-refractivity contribution in [2.45, 2.75) is 26.2 Å². The molecule has 0 aromatic heterocycles. The van der Waals surface area contributed by atoms with E-state index in [-0.39, 0.29) is 12.5 Å². The molecule has 5 heteroatoms. The van der Waals surface area contributed by atoms with Gasteiger partial charge in [0.15, 0.2) is 18.1 Å². The number of hydrogen-bond donors (Lipinski definition) is 1. The largest absolute Gasteiger partial charge is 0.490 e. The van der Waals surface area contributed by atoms with Crippen LogP contribution in [0.5, 0.6) is 17.2 Å². The molecule has 25 heavy (non-hydrogen) atoms. The fraction of sp³-hybridized carbons (Fsp3) is 0.350. The summed E-state index contributed by atoms with van der Waals surface area (Å²) in [6, 6.07) is 13.2. The zero-order chi connectivity index (χ0) is 17.6. The number of carbonyl (C=O) groups is 1. The molecule has 1 N–H and O–H groups in total. The van der Waals surface area contributed by atoms with Crippen LogP contribution in [0, 0.1) is 0 Å². The Morgan fingerprint density at radius 3 is 2.52 bits per heavy atom. The zero-order valence-corrected chi connectivity index (χ0v) is 14.6. The Morgan fingerprint density at radius 2 is 1.80 bits per heavy atom. The van der Waals surface area contributed by atoms with E-state index in [1.54, 1.807) is 12.1 Å². The van der Waals surface area contributed by atoms with Gasteiger partial charge in [-0.15, -0.1) is 0 Å². The molecule has 0 fully saturated rings. The molecule has 1 heterocycles. The molecule has 5 nitrogen and oxygen atoms in total. The van der Waals surface area contributed by atoms with E-state index < -0.39 is 0 Å². The lowest BCUT2D eigenvalue weighted by Crippen LogP contribution is -2.20. The van der Waals surface area contributed by atoms with Crippen LogP contribution in [0.1, 0.15) is 31.7 Å². The number of carbonyl (C=O) groups excluding carboxylic acids is 1. The Bertz CT molecular complexity index is 725. The van der Waals surface area contributed by atoms with Gasteiger partial charge in [0.25, 0.3) is 5.91 Å². The summed E-state index contributed by atoms with van der Waals surface area (Å²) in [7, 11) is 0. The van der Waals surface area contributed by atoms with Crippen LogP contribution in [0.25, 0.3) is 0 Å². The van der Waals surface area contributed by atoms with Crippen LogP contribution in [0.4, 0.5) is 5.69 Å². The summed E-state index contributed by atoms with van der Waals surface area (Å²) in [6.07, 6.45) is 0.847. The minimum absolute atomic E-state index is 0.0462. The molecule has 1 amide bonds. The van der Waals surface area contributed by atoms with Gasteiger partial charge in [-0.1, -0.05) is 26.0 Å². The summed E-state index contributed by atoms with van der Waals surface area (Å²) in [5.41, 5.74) is 1.90. The predicted molar refractivity (Wildman–Crippen MR) is 96.7 cm³/mol. The molecular formula is C20H23NO4. The Hall–Kier alpha value is -2.69. The van der Waals surface area contributed by atoms with E-state index in [1.165, 1.54) is 5.56 Å². The number of amides is 1. The Labute approximate surface area is 147 Å². The number of rotatable bonds is 5. The monoisotopic (exact) mass is 341 g/mol. The lowest BCUT2D eigenvalue weighted by atomic mass is 10.0. The van der Waals surface area contributed by atoms with Crippen LogP contribution in [-0.4, -0.2) is 25.7 Å². The van der Waals surface area contributed by atoms with E-state index in [0.717, 1.165) is 6.42 Å². The topological polar surface area (TPSA) is 56.8 Å². The molecule has 1 aliphatic heterocycles. The average molecular weight is 341 g/mol. The third kappa shape index (κ3) is 4.66. The molecule has 2 aromatic carbocycles. The minimum atomic E-state index is -0.220. The minimum Gasteiger partial charge on any atom is -0.490 e. The van der Waals surface area contributed by atoms with Crippen molar-refractivity contribution in [3.8, 4) is 17.2 Å². The molecule has 0 aliphatic carbocycles. The molecule has 0 saturated heterocycles. The number of benzene rings is 2. The highest BCUT2D eigenvalue weighted by atomic mass is 16.5. The van der Waals surface area contributed by atoms with Crippen molar-refractivity contribution in [1.29, 1.82) is 0 Å². The van der Waals surface area contributed by atoms with E-state index in [1.807, 2.05) is 30.3 Å². The highest BCUT2D eigenvalue weighted by Gasteiger charge is 2.12. The molecular weight excluding hydrogens is 318 g/mol. The van der Waals surface area contributed by atoms with Gasteiger partial charge in [-0.2, -0.15) is 0 Å². The first-order valence-corrected chi connectivity index (χ1v) is 8.54. The summed E-state index contributed by atoms with van der Waals surface area (Å²) < 4.78 is 16.7. The first-order chi connectivity index (χ1) is 12.1. The molecule has 0 radical (unpaired) electrons. The van der Waals surface area contributed by atoms with Crippen molar-refractivity contribution in [2.75, 3.05) is 25.1 Å². The third-order valence-corrected chi connectivity index (χ3v) is 3.95. The number of nitrogens with one attached hydrogen (secondary N) is 1. The third-order valence-electron chi connectivity index (χ3n) is 3.95. The van der Waals surface area contributed by atoms with Gasteiger partial charge in [-0.05, 0) is 35.7 Å². The van der Waals surface area contributed by atoms with Gasteiger partial charge in [0.1, 0.15) is 5.75 Å². The van der Waals surface area contributed by atoms with Crippen molar-refractivity contribution in [1.82, 2.24) is 0 Å². The van der Waals surface area contributed by atoms with Gasteiger partial charge in [-0.3, -0.25) is 4.79 Å².